The molecule has 5 nitrogen and oxygen atoms in total. The van der Waals surface area contributed by atoms with Gasteiger partial charge in [-0.3, -0.25) is 0 Å². The van der Waals surface area contributed by atoms with Gasteiger partial charge in [0.25, 0.3) is 0 Å². The molecule has 2 atom stereocenters. The van der Waals surface area contributed by atoms with Gasteiger partial charge in [-0.2, -0.15) is 9.46 Å². The molecule has 2 aliphatic rings. The van der Waals surface area contributed by atoms with E-state index in [1.807, 2.05) is 36.4 Å². The number of rotatable bonds is 0. The largest absolute Gasteiger partial charge is 0.618 e. The highest BCUT2D eigenvalue weighted by Crippen LogP contribution is 2.36. The number of alkyl halides is 1. The van der Waals surface area contributed by atoms with E-state index >= 15 is 0 Å². The number of pyridine rings is 2. The van der Waals surface area contributed by atoms with Crippen molar-refractivity contribution in [3.05, 3.63) is 138 Å². The third-order valence-corrected chi connectivity index (χ3v) is 7.69. The van der Waals surface area contributed by atoms with Crippen molar-refractivity contribution in [2.45, 2.75) is 37.2 Å². The normalized spacial score (nSPS) is 17.8. The lowest BCUT2D eigenvalue weighted by molar-refractivity contribution is -0.618. The van der Waals surface area contributed by atoms with Crippen LogP contribution in [0.1, 0.15) is 56.2 Å². The molecular formula is C28H23Cl3N2O3. The van der Waals surface area contributed by atoms with Crippen molar-refractivity contribution >= 4 is 34.8 Å². The van der Waals surface area contributed by atoms with Gasteiger partial charge >= 0.3 is 0 Å². The summed E-state index contributed by atoms with van der Waals surface area (Å²) in [7, 11) is 0. The zero-order chi connectivity index (χ0) is 25.4. The van der Waals surface area contributed by atoms with Crippen LogP contribution in [0.25, 0.3) is 0 Å². The van der Waals surface area contributed by atoms with Crippen LogP contribution in [-0.2, 0) is 25.7 Å². The van der Waals surface area contributed by atoms with E-state index in [1.165, 1.54) is 12.4 Å². The quantitative estimate of drug-likeness (QED) is 0.180. The minimum absolute atomic E-state index is 0.409. The predicted octanol–water partition coefficient (Wildman–Crippen LogP) is 5.55. The molecule has 2 heterocycles. The molecule has 2 aromatic heterocycles. The average Bonchev–Trinajstić information content (AvgIpc) is 3.09. The van der Waals surface area contributed by atoms with Crippen LogP contribution in [0.5, 0.6) is 0 Å². The zero-order valence-corrected chi connectivity index (χ0v) is 21.5. The second kappa shape index (κ2) is 10.3. The van der Waals surface area contributed by atoms with Crippen LogP contribution in [-0.4, -0.2) is 5.11 Å². The number of hydrogen-bond acceptors (Lipinski definition) is 3. The Morgan fingerprint density at radius 1 is 0.667 bits per heavy atom. The highest BCUT2D eigenvalue weighted by atomic mass is 35.5. The lowest BCUT2D eigenvalue weighted by Gasteiger charge is -2.13. The topological polar surface area (TPSA) is 74.1 Å². The maximum absolute atomic E-state index is 11.9. The fourth-order valence-electron chi connectivity index (χ4n) is 5.01. The van der Waals surface area contributed by atoms with E-state index in [-0.39, 0.29) is 0 Å². The van der Waals surface area contributed by atoms with Crippen molar-refractivity contribution in [1.29, 1.82) is 0 Å². The SMILES string of the molecule is [O-][n+]1cccc2c1C(Cl)c1ccc(Cl)cc1CC2.[O-][n+]1cccc2c1C(O)c1ccc(Cl)cc1CC2. The Bertz CT molecular complexity index is 1330. The molecular weight excluding hydrogens is 519 g/mol. The van der Waals surface area contributed by atoms with Crippen LogP contribution < -0.4 is 9.46 Å². The van der Waals surface area contributed by atoms with Crippen LogP contribution in [0.3, 0.4) is 0 Å². The first-order valence-corrected chi connectivity index (χ1v) is 12.8. The van der Waals surface area contributed by atoms with Crippen molar-refractivity contribution < 1.29 is 14.6 Å². The monoisotopic (exact) mass is 540 g/mol. The Morgan fingerprint density at radius 3 is 1.75 bits per heavy atom. The molecule has 2 unspecified atom stereocenters. The molecule has 4 aromatic rings. The lowest BCUT2D eigenvalue weighted by atomic mass is 10.0. The van der Waals surface area contributed by atoms with E-state index in [9.17, 15) is 15.5 Å². The first-order chi connectivity index (χ1) is 17.3. The third kappa shape index (κ3) is 4.76. The minimum Gasteiger partial charge on any atom is -0.618 e. The summed E-state index contributed by atoms with van der Waals surface area (Å²) >= 11 is 18.5. The Kier molecular flexibility index (Phi) is 7.09. The molecule has 0 bridgehead atoms. The smallest absolute Gasteiger partial charge is 0.229 e. The van der Waals surface area contributed by atoms with Crippen LogP contribution in [0.4, 0.5) is 0 Å². The van der Waals surface area contributed by atoms with Gasteiger partial charge in [-0.1, -0.05) is 35.3 Å². The molecule has 0 saturated heterocycles. The predicted molar refractivity (Wildman–Crippen MR) is 140 cm³/mol. The summed E-state index contributed by atoms with van der Waals surface area (Å²) in [4.78, 5) is 0. The highest BCUT2D eigenvalue weighted by Gasteiger charge is 2.29. The zero-order valence-electron chi connectivity index (χ0n) is 19.2. The first-order valence-electron chi connectivity index (χ1n) is 11.6. The second-order valence-electron chi connectivity index (χ2n) is 8.94. The number of fused-ring (bicyclic) bond motifs is 4. The molecule has 0 spiro atoms. The second-order valence-corrected chi connectivity index (χ2v) is 10.2. The summed E-state index contributed by atoms with van der Waals surface area (Å²) in [5.74, 6) is 0. The lowest BCUT2D eigenvalue weighted by Crippen LogP contribution is -2.34. The number of aromatic nitrogens is 2. The van der Waals surface area contributed by atoms with E-state index in [0.29, 0.717) is 21.4 Å². The van der Waals surface area contributed by atoms with E-state index in [0.717, 1.165) is 68.5 Å². The van der Waals surface area contributed by atoms with Gasteiger partial charge in [0.1, 0.15) is 5.38 Å². The van der Waals surface area contributed by atoms with Gasteiger partial charge in [0.15, 0.2) is 18.5 Å². The van der Waals surface area contributed by atoms with E-state index in [4.69, 9.17) is 34.8 Å². The molecule has 8 heteroatoms. The molecule has 0 saturated carbocycles. The van der Waals surface area contributed by atoms with Gasteiger partial charge in [-0.15, -0.1) is 11.6 Å². The van der Waals surface area contributed by atoms with E-state index < -0.39 is 11.5 Å². The Labute approximate surface area is 224 Å². The molecule has 184 valence electrons. The standard InChI is InChI=1S/C14H11Cl2NO.C14H12ClNO2/c15-11-5-6-12-10(8-11)4-3-9-2-1-7-17(18)14(9)13(12)16;15-11-5-6-12-10(8-11)4-3-9-2-1-7-16(18)13(9)14(12)17/h1-2,5-8,13H,3-4H2;1-2,5-8,14,17H,3-4H2. The number of hydrogen-bond donors (Lipinski definition) is 1. The summed E-state index contributed by atoms with van der Waals surface area (Å²) in [5, 5.41) is 35.1. The number of halogens is 3. The highest BCUT2D eigenvalue weighted by molar-refractivity contribution is 6.31. The van der Waals surface area contributed by atoms with Gasteiger partial charge in [0.05, 0.1) is 0 Å². The van der Waals surface area contributed by atoms with E-state index in [2.05, 4.69) is 0 Å². The Balaban J connectivity index is 0.000000148. The molecule has 2 aromatic carbocycles. The average molecular weight is 542 g/mol. The summed E-state index contributed by atoms with van der Waals surface area (Å²) in [6.45, 7) is 0. The number of aliphatic hydroxyl groups excluding tert-OH is 1. The third-order valence-electron chi connectivity index (χ3n) is 6.77. The van der Waals surface area contributed by atoms with Crippen molar-refractivity contribution in [1.82, 2.24) is 0 Å². The van der Waals surface area contributed by atoms with Crippen LogP contribution in [0.15, 0.2) is 73.1 Å². The molecule has 0 fully saturated rings. The van der Waals surface area contributed by atoms with Crippen molar-refractivity contribution in [2.75, 3.05) is 0 Å². The summed E-state index contributed by atoms with van der Waals surface area (Å²) in [6, 6.07) is 18.4. The number of nitrogens with zero attached hydrogens (tertiary/aromatic N) is 2. The molecule has 0 aliphatic heterocycles. The summed E-state index contributed by atoms with van der Waals surface area (Å²) in [6.07, 6.45) is 5.23. The van der Waals surface area contributed by atoms with Crippen LogP contribution >= 0.6 is 34.8 Å². The molecule has 6 rings (SSSR count). The number of aliphatic hydroxyl groups is 1. The molecule has 1 N–H and O–H groups in total. The first kappa shape index (κ1) is 24.8. The molecule has 36 heavy (non-hydrogen) atoms. The van der Waals surface area contributed by atoms with Gasteiger partial charge in [0, 0.05) is 33.3 Å². The van der Waals surface area contributed by atoms with Gasteiger partial charge in [0.2, 0.25) is 11.4 Å². The van der Waals surface area contributed by atoms with Gasteiger partial charge < -0.3 is 15.5 Å². The molecule has 0 radical (unpaired) electrons. The number of aryl methyl sites for hydroxylation is 4. The number of benzene rings is 2. The maximum Gasteiger partial charge on any atom is 0.229 e. The van der Waals surface area contributed by atoms with Crippen LogP contribution in [0, 0.1) is 10.4 Å². The molecule has 2 aliphatic carbocycles. The maximum atomic E-state index is 11.9. The van der Waals surface area contributed by atoms with Gasteiger partial charge in [-0.05, 0) is 84.3 Å². The fraction of sp³-hybridized carbons (Fsp3) is 0.214. The van der Waals surface area contributed by atoms with Crippen molar-refractivity contribution in [3.8, 4) is 0 Å². The van der Waals surface area contributed by atoms with Crippen LogP contribution in [0.2, 0.25) is 10.0 Å². The fourth-order valence-corrected chi connectivity index (χ4v) is 5.85. The van der Waals surface area contributed by atoms with Crippen molar-refractivity contribution in [2.24, 2.45) is 0 Å². The summed E-state index contributed by atoms with van der Waals surface area (Å²) < 4.78 is 1.63. The van der Waals surface area contributed by atoms with Crippen molar-refractivity contribution in [3.63, 3.8) is 0 Å². The Morgan fingerprint density at radius 2 is 1.14 bits per heavy atom. The summed E-state index contributed by atoms with van der Waals surface area (Å²) in [5.41, 5.74) is 6.86. The van der Waals surface area contributed by atoms with Gasteiger partial charge in [-0.25, -0.2) is 0 Å². The Hall–Kier alpha value is -2.83. The van der Waals surface area contributed by atoms with E-state index in [1.54, 1.807) is 24.3 Å². The minimum atomic E-state index is -0.881. The molecule has 0 amide bonds.